The topological polar surface area (TPSA) is 65.5 Å². The molecule has 1 aliphatic carbocycles. The number of anilines is 1. The average molecular weight is 493 g/mol. The van der Waals surface area contributed by atoms with Crippen LogP contribution in [0, 0.1) is 5.92 Å². The van der Waals surface area contributed by atoms with Gasteiger partial charge in [-0.3, -0.25) is 19.5 Å². The van der Waals surface area contributed by atoms with Crippen molar-refractivity contribution in [2.45, 2.75) is 44.2 Å². The molecule has 8 heteroatoms. The summed E-state index contributed by atoms with van der Waals surface area (Å²) >= 11 is 8.33. The molecule has 2 amide bonds. The predicted octanol–water partition coefficient (Wildman–Crippen LogP) is 4.55. The molecule has 3 fully saturated rings. The summed E-state index contributed by atoms with van der Waals surface area (Å²) in [5.41, 5.74) is 5.94. The molecule has 0 spiro atoms. The molecule has 0 unspecified atom stereocenters. The number of benzene rings is 1. The summed E-state index contributed by atoms with van der Waals surface area (Å²) in [6.07, 6.45) is 4.89. The van der Waals surface area contributed by atoms with Crippen molar-refractivity contribution in [2.75, 3.05) is 24.5 Å². The number of likely N-dealkylation sites (tertiary alicyclic amines) is 1. The summed E-state index contributed by atoms with van der Waals surface area (Å²) in [7, 11) is 0. The molecule has 3 atom stereocenters. The van der Waals surface area contributed by atoms with Crippen LogP contribution in [0.25, 0.3) is 21.3 Å². The number of fused-ring (bicyclic) bond motifs is 4. The van der Waals surface area contributed by atoms with E-state index in [1.54, 1.807) is 11.3 Å². The molecule has 34 heavy (non-hydrogen) atoms. The lowest BCUT2D eigenvalue weighted by atomic mass is 9.92. The highest BCUT2D eigenvalue weighted by atomic mass is 35.5. The Bertz CT molecular complexity index is 1330. The molecule has 1 aromatic carbocycles. The Balaban J connectivity index is 1.35. The smallest absolute Gasteiger partial charge is 0.230 e. The van der Waals surface area contributed by atoms with Gasteiger partial charge >= 0.3 is 0 Å². The molecule has 0 bridgehead atoms. The van der Waals surface area contributed by atoms with E-state index >= 15 is 0 Å². The molecule has 2 saturated heterocycles. The normalized spacial score (nSPS) is 25.9. The van der Waals surface area contributed by atoms with Crippen LogP contribution >= 0.6 is 22.9 Å². The van der Waals surface area contributed by atoms with E-state index in [0.717, 1.165) is 57.7 Å². The molecular weight excluding hydrogens is 468 g/mol. The van der Waals surface area contributed by atoms with Crippen LogP contribution in [0.3, 0.4) is 0 Å². The number of hydrogen-bond donors (Lipinski definition) is 1. The maximum Gasteiger partial charge on any atom is 0.230 e. The molecule has 0 radical (unpaired) electrons. The third-order valence-electron chi connectivity index (χ3n) is 7.84. The second-order valence-corrected chi connectivity index (χ2v) is 11.5. The van der Waals surface area contributed by atoms with Crippen LogP contribution in [0.2, 0.25) is 5.02 Å². The number of pyridine rings is 1. The second kappa shape index (κ2) is 7.77. The van der Waals surface area contributed by atoms with Crippen LogP contribution < -0.4 is 10.2 Å². The van der Waals surface area contributed by atoms with E-state index in [0.29, 0.717) is 31.3 Å². The van der Waals surface area contributed by atoms with E-state index in [4.69, 9.17) is 11.6 Å². The van der Waals surface area contributed by atoms with Gasteiger partial charge in [-0.2, -0.15) is 0 Å². The number of carbonyl (C=O) groups excluding carboxylic acids is 2. The standard InChI is InChI=1S/C26H25ClN4O2S/c27-15-8-20(25-21(9-15)19-7-14(19)12-30(25)16-3-5-28-11-16)18-4-6-29-22-10-17(34-26(18)22)13-31-23(32)1-2-24(31)33/h4,6,8-10,14,16,19,28H,1-3,5,7,11-13H2/t14-,16-,19-/m0/s1. The van der Waals surface area contributed by atoms with E-state index in [1.165, 1.54) is 28.1 Å². The highest BCUT2D eigenvalue weighted by Crippen LogP contribution is 2.58. The lowest BCUT2D eigenvalue weighted by Gasteiger charge is -2.37. The van der Waals surface area contributed by atoms with Gasteiger partial charge in [0.2, 0.25) is 11.8 Å². The zero-order valence-electron chi connectivity index (χ0n) is 18.7. The minimum absolute atomic E-state index is 0.0839. The summed E-state index contributed by atoms with van der Waals surface area (Å²) in [5, 5.41) is 4.32. The minimum Gasteiger partial charge on any atom is -0.366 e. The average Bonchev–Trinajstić information content (AvgIpc) is 3.13. The Morgan fingerprint density at radius 2 is 2.00 bits per heavy atom. The molecular formula is C26H25ClN4O2S. The third-order valence-corrected chi connectivity index (χ3v) is 9.20. The number of halogens is 1. The zero-order valence-corrected chi connectivity index (χ0v) is 20.3. The van der Waals surface area contributed by atoms with Gasteiger partial charge in [-0.15, -0.1) is 11.3 Å². The van der Waals surface area contributed by atoms with Crippen molar-refractivity contribution in [1.82, 2.24) is 15.2 Å². The number of nitrogens with one attached hydrogen (secondary N) is 1. The van der Waals surface area contributed by atoms with E-state index in [-0.39, 0.29) is 11.8 Å². The van der Waals surface area contributed by atoms with Gasteiger partial charge < -0.3 is 10.2 Å². The van der Waals surface area contributed by atoms with Crippen molar-refractivity contribution in [2.24, 2.45) is 5.92 Å². The van der Waals surface area contributed by atoms with Crippen LogP contribution in [0.15, 0.2) is 30.5 Å². The van der Waals surface area contributed by atoms with Crippen LogP contribution in [-0.2, 0) is 16.1 Å². The Hall–Kier alpha value is -2.48. The van der Waals surface area contributed by atoms with E-state index in [2.05, 4.69) is 33.4 Å². The molecule has 3 aromatic rings. The Morgan fingerprint density at radius 3 is 2.79 bits per heavy atom. The van der Waals surface area contributed by atoms with Gasteiger partial charge in [0.15, 0.2) is 0 Å². The van der Waals surface area contributed by atoms with Gasteiger partial charge in [0, 0.05) is 64.9 Å². The van der Waals surface area contributed by atoms with Crippen molar-refractivity contribution in [3.8, 4) is 11.1 Å². The number of hydrogen-bond acceptors (Lipinski definition) is 6. The molecule has 6 nitrogen and oxygen atoms in total. The van der Waals surface area contributed by atoms with Gasteiger partial charge in [-0.1, -0.05) is 11.6 Å². The molecule has 3 aliphatic heterocycles. The predicted molar refractivity (Wildman–Crippen MR) is 134 cm³/mol. The fraction of sp³-hybridized carbons (Fsp3) is 0.423. The van der Waals surface area contributed by atoms with Crippen LogP contribution in [0.5, 0.6) is 0 Å². The molecule has 7 rings (SSSR count). The number of carbonyl (C=O) groups is 2. The highest BCUT2D eigenvalue weighted by Gasteiger charge is 2.47. The van der Waals surface area contributed by atoms with Crippen molar-refractivity contribution in [3.05, 3.63) is 45.9 Å². The largest absolute Gasteiger partial charge is 0.366 e. The fourth-order valence-corrected chi connectivity index (χ4v) is 7.43. The Kier molecular flexibility index (Phi) is 4.76. The van der Waals surface area contributed by atoms with Gasteiger partial charge in [0.25, 0.3) is 0 Å². The summed E-state index contributed by atoms with van der Waals surface area (Å²) in [6.45, 7) is 3.53. The van der Waals surface area contributed by atoms with Gasteiger partial charge in [0.05, 0.1) is 16.8 Å². The summed E-state index contributed by atoms with van der Waals surface area (Å²) < 4.78 is 1.09. The maximum absolute atomic E-state index is 12.2. The zero-order chi connectivity index (χ0) is 23.0. The van der Waals surface area contributed by atoms with E-state index < -0.39 is 0 Å². The number of aromatic nitrogens is 1. The Labute approximate surface area is 206 Å². The van der Waals surface area contributed by atoms with Crippen molar-refractivity contribution in [3.63, 3.8) is 0 Å². The Morgan fingerprint density at radius 1 is 1.15 bits per heavy atom. The first-order chi connectivity index (χ1) is 16.6. The molecule has 1 N–H and O–H groups in total. The number of rotatable bonds is 4. The highest BCUT2D eigenvalue weighted by molar-refractivity contribution is 7.19. The first-order valence-electron chi connectivity index (χ1n) is 12.1. The maximum atomic E-state index is 12.2. The van der Waals surface area contributed by atoms with Gasteiger partial charge in [-0.25, -0.2) is 0 Å². The van der Waals surface area contributed by atoms with E-state index in [9.17, 15) is 9.59 Å². The lowest BCUT2D eigenvalue weighted by Crippen LogP contribution is -2.41. The summed E-state index contributed by atoms with van der Waals surface area (Å²) in [4.78, 5) is 33.9. The van der Waals surface area contributed by atoms with Gasteiger partial charge in [0.1, 0.15) is 0 Å². The van der Waals surface area contributed by atoms with E-state index in [1.807, 2.05) is 12.3 Å². The molecule has 174 valence electrons. The monoisotopic (exact) mass is 492 g/mol. The molecule has 4 aliphatic rings. The van der Waals surface area contributed by atoms with Crippen molar-refractivity contribution in [1.29, 1.82) is 0 Å². The first kappa shape index (κ1) is 20.9. The van der Waals surface area contributed by atoms with Crippen LogP contribution in [-0.4, -0.2) is 47.4 Å². The third kappa shape index (κ3) is 3.28. The lowest BCUT2D eigenvalue weighted by molar-refractivity contribution is -0.138. The second-order valence-electron chi connectivity index (χ2n) is 9.95. The molecule has 2 aromatic heterocycles. The summed E-state index contributed by atoms with van der Waals surface area (Å²) in [6, 6.07) is 8.91. The summed E-state index contributed by atoms with van der Waals surface area (Å²) in [5.74, 6) is 1.18. The fourth-order valence-electron chi connectivity index (χ4n) is 6.07. The minimum atomic E-state index is -0.0839. The first-order valence-corrected chi connectivity index (χ1v) is 13.3. The number of thiophene rings is 1. The molecule has 1 saturated carbocycles. The quantitative estimate of drug-likeness (QED) is 0.541. The van der Waals surface area contributed by atoms with Gasteiger partial charge in [-0.05, 0) is 61.1 Å². The molecule has 5 heterocycles. The number of amides is 2. The van der Waals surface area contributed by atoms with Crippen molar-refractivity contribution < 1.29 is 9.59 Å². The van der Waals surface area contributed by atoms with Crippen LogP contribution in [0.1, 0.15) is 42.0 Å². The van der Waals surface area contributed by atoms with Crippen molar-refractivity contribution >= 4 is 50.7 Å². The number of imide groups is 1. The number of nitrogens with zero attached hydrogens (tertiary/aromatic N) is 3. The SMILES string of the molecule is O=C1CCC(=O)N1Cc1cc2nccc(-c3cc(Cl)cc4c3N([C@H]3CCNC3)C[C@@H]3C[C@H]43)c2s1. The van der Waals surface area contributed by atoms with Crippen LogP contribution in [0.4, 0.5) is 5.69 Å².